The van der Waals surface area contributed by atoms with Crippen LogP contribution in [0.5, 0.6) is 0 Å². The molecule has 0 fully saturated rings. The lowest BCUT2D eigenvalue weighted by Crippen LogP contribution is -2.45. The first kappa shape index (κ1) is 20.0. The summed E-state index contributed by atoms with van der Waals surface area (Å²) in [5, 5.41) is 24.2. The molecule has 0 saturated heterocycles. The third-order valence-corrected chi connectivity index (χ3v) is 6.17. The SMILES string of the molecule is CC[C@@]1(O)C(=O)OCc2c1c([N+](=O)[O-])c1n(c2=O)Cc2c-1nc1ccccc1c2/C=N/C. The Balaban J connectivity index is 1.97. The Labute approximate surface area is 181 Å². The number of aliphatic imine (C=N–C) groups is 1. The van der Waals surface area contributed by atoms with Gasteiger partial charge < -0.3 is 9.84 Å². The molecule has 10 heteroatoms. The van der Waals surface area contributed by atoms with E-state index in [2.05, 4.69) is 9.98 Å². The smallest absolute Gasteiger partial charge is 0.343 e. The zero-order chi connectivity index (χ0) is 22.8. The molecule has 0 unspecified atom stereocenters. The Morgan fingerprint density at radius 1 is 1.34 bits per heavy atom. The number of benzene rings is 1. The van der Waals surface area contributed by atoms with Gasteiger partial charge in [0.1, 0.15) is 18.0 Å². The van der Waals surface area contributed by atoms with Crippen molar-refractivity contribution >= 4 is 28.8 Å². The molecule has 0 saturated carbocycles. The molecule has 2 aliphatic heterocycles. The van der Waals surface area contributed by atoms with Crippen LogP contribution in [0.2, 0.25) is 0 Å². The van der Waals surface area contributed by atoms with E-state index in [9.17, 15) is 24.8 Å². The Morgan fingerprint density at radius 3 is 2.78 bits per heavy atom. The average Bonchev–Trinajstić information content (AvgIpc) is 3.16. The Morgan fingerprint density at radius 2 is 2.09 bits per heavy atom. The van der Waals surface area contributed by atoms with Crippen LogP contribution in [0.15, 0.2) is 34.1 Å². The number of fused-ring (bicyclic) bond motifs is 5. The van der Waals surface area contributed by atoms with Crippen LogP contribution in [0.4, 0.5) is 5.69 Å². The first-order chi connectivity index (χ1) is 15.3. The molecule has 3 aromatic rings. The third-order valence-electron chi connectivity index (χ3n) is 6.17. The monoisotopic (exact) mass is 434 g/mol. The van der Waals surface area contributed by atoms with E-state index in [0.29, 0.717) is 16.6 Å². The van der Waals surface area contributed by atoms with E-state index >= 15 is 0 Å². The van der Waals surface area contributed by atoms with Gasteiger partial charge in [0, 0.05) is 29.8 Å². The van der Waals surface area contributed by atoms with Crippen molar-refractivity contribution in [1.29, 1.82) is 0 Å². The van der Waals surface area contributed by atoms with Gasteiger partial charge in [0.2, 0.25) is 0 Å². The van der Waals surface area contributed by atoms with Gasteiger partial charge in [0.15, 0.2) is 5.60 Å². The van der Waals surface area contributed by atoms with Crippen molar-refractivity contribution in [1.82, 2.24) is 9.55 Å². The fourth-order valence-corrected chi connectivity index (χ4v) is 4.66. The number of aliphatic hydroxyl groups is 1. The van der Waals surface area contributed by atoms with E-state index in [-0.39, 0.29) is 35.5 Å². The number of nitrogens with zero attached hydrogens (tertiary/aromatic N) is 4. The molecule has 0 radical (unpaired) electrons. The molecule has 2 aromatic heterocycles. The summed E-state index contributed by atoms with van der Waals surface area (Å²) in [5.74, 6) is -1.01. The van der Waals surface area contributed by atoms with Crippen LogP contribution >= 0.6 is 0 Å². The van der Waals surface area contributed by atoms with Crippen molar-refractivity contribution in [3.8, 4) is 11.4 Å². The average molecular weight is 434 g/mol. The van der Waals surface area contributed by atoms with Gasteiger partial charge in [-0.1, -0.05) is 25.1 Å². The van der Waals surface area contributed by atoms with Gasteiger partial charge in [-0.05, 0) is 12.5 Å². The highest BCUT2D eigenvalue weighted by Gasteiger charge is 2.51. The fourth-order valence-electron chi connectivity index (χ4n) is 4.66. The number of ether oxygens (including phenoxy) is 1. The molecule has 0 aliphatic carbocycles. The summed E-state index contributed by atoms with van der Waals surface area (Å²) in [4.78, 5) is 46.2. The van der Waals surface area contributed by atoms with E-state index in [1.807, 2.05) is 12.1 Å². The number of carbonyl (C=O) groups is 1. The van der Waals surface area contributed by atoms with E-state index < -0.39 is 34.3 Å². The van der Waals surface area contributed by atoms with Gasteiger partial charge in [-0.15, -0.1) is 0 Å². The molecule has 0 amide bonds. The number of carbonyl (C=O) groups excluding carboxylic acids is 1. The molecule has 4 heterocycles. The predicted octanol–water partition coefficient (Wildman–Crippen LogP) is 2.04. The fraction of sp³-hybridized carbons (Fsp3) is 0.273. The number of cyclic esters (lactones) is 1. The third kappa shape index (κ3) is 2.43. The molecule has 162 valence electrons. The van der Waals surface area contributed by atoms with Crippen molar-refractivity contribution in [3.05, 3.63) is 67.0 Å². The van der Waals surface area contributed by atoms with Crippen LogP contribution in [0, 0.1) is 10.1 Å². The summed E-state index contributed by atoms with van der Waals surface area (Å²) < 4.78 is 6.30. The summed E-state index contributed by atoms with van der Waals surface area (Å²) in [6, 6.07) is 7.29. The minimum Gasteiger partial charge on any atom is -0.458 e. The second kappa shape index (κ2) is 6.79. The van der Waals surface area contributed by atoms with Gasteiger partial charge in [0.25, 0.3) is 5.56 Å². The number of esters is 1. The molecule has 1 atom stereocenters. The second-order valence-corrected chi connectivity index (χ2v) is 7.75. The molecule has 0 spiro atoms. The van der Waals surface area contributed by atoms with Gasteiger partial charge >= 0.3 is 11.7 Å². The number of para-hydroxylation sites is 1. The molecule has 5 rings (SSSR count). The predicted molar refractivity (Wildman–Crippen MR) is 115 cm³/mol. The topological polar surface area (TPSA) is 137 Å². The molecule has 32 heavy (non-hydrogen) atoms. The summed E-state index contributed by atoms with van der Waals surface area (Å²) in [6.45, 7) is 1.11. The Hall–Kier alpha value is -3.92. The van der Waals surface area contributed by atoms with E-state index in [4.69, 9.17) is 4.74 Å². The number of pyridine rings is 2. The standard InChI is InChI=1S/C22H18N4O6/c1-3-22(29)16-14(10-32-21(22)28)20(27)25-9-13-12(8-23-2)11-6-4-5-7-15(11)24-17(13)19(25)18(16)26(30)31/h4-8,29H,3,9-10H2,1-2H3/b23-8+/t22-/m0/s1. The van der Waals surface area contributed by atoms with Crippen LogP contribution in [-0.2, 0) is 28.3 Å². The van der Waals surface area contributed by atoms with E-state index in [1.54, 1.807) is 25.4 Å². The lowest BCUT2D eigenvalue weighted by Gasteiger charge is -2.31. The van der Waals surface area contributed by atoms with E-state index in [0.717, 1.165) is 5.39 Å². The highest BCUT2D eigenvalue weighted by Crippen LogP contribution is 2.46. The minimum atomic E-state index is -2.29. The molecule has 1 aromatic carbocycles. The van der Waals surface area contributed by atoms with Gasteiger partial charge in [0.05, 0.1) is 28.1 Å². The van der Waals surface area contributed by atoms with Crippen molar-refractivity contribution in [3.63, 3.8) is 0 Å². The number of hydrogen-bond acceptors (Lipinski definition) is 8. The van der Waals surface area contributed by atoms with Crippen molar-refractivity contribution in [2.24, 2.45) is 4.99 Å². The van der Waals surface area contributed by atoms with Crippen LogP contribution in [0.3, 0.4) is 0 Å². The van der Waals surface area contributed by atoms with Crippen LogP contribution in [-0.4, -0.2) is 38.8 Å². The van der Waals surface area contributed by atoms with Gasteiger partial charge in [-0.2, -0.15) is 0 Å². The van der Waals surface area contributed by atoms with Crippen molar-refractivity contribution < 1.29 is 19.6 Å². The summed E-state index contributed by atoms with van der Waals surface area (Å²) in [6.07, 6.45) is 1.45. The second-order valence-electron chi connectivity index (χ2n) is 7.75. The molecule has 10 nitrogen and oxygen atoms in total. The van der Waals surface area contributed by atoms with Gasteiger partial charge in [-0.3, -0.25) is 24.5 Å². The van der Waals surface area contributed by atoms with Crippen LogP contribution in [0.1, 0.15) is 35.6 Å². The van der Waals surface area contributed by atoms with Crippen LogP contribution < -0.4 is 5.56 Å². The number of aromatic nitrogens is 2. The molecular weight excluding hydrogens is 416 g/mol. The Kier molecular flexibility index (Phi) is 4.25. The first-order valence-corrected chi connectivity index (χ1v) is 10.0. The normalized spacial score (nSPS) is 19.0. The van der Waals surface area contributed by atoms with Gasteiger partial charge in [-0.25, -0.2) is 9.78 Å². The molecule has 0 bridgehead atoms. The quantitative estimate of drug-likeness (QED) is 0.225. The van der Waals surface area contributed by atoms with Crippen molar-refractivity contribution in [2.75, 3.05) is 7.05 Å². The lowest BCUT2D eigenvalue weighted by molar-refractivity contribution is -0.386. The zero-order valence-corrected chi connectivity index (χ0v) is 17.3. The number of nitro groups is 1. The molecular formula is C22H18N4O6. The number of hydrogen-bond donors (Lipinski definition) is 1. The van der Waals surface area contributed by atoms with E-state index in [1.165, 1.54) is 11.5 Å². The highest BCUT2D eigenvalue weighted by atomic mass is 16.6. The summed E-state index contributed by atoms with van der Waals surface area (Å²) in [7, 11) is 1.61. The zero-order valence-electron chi connectivity index (χ0n) is 17.3. The summed E-state index contributed by atoms with van der Waals surface area (Å²) >= 11 is 0. The Bertz CT molecular complexity index is 1440. The van der Waals surface area contributed by atoms with Crippen molar-refractivity contribution in [2.45, 2.75) is 32.1 Å². The maximum Gasteiger partial charge on any atom is 0.343 e. The summed E-state index contributed by atoms with van der Waals surface area (Å²) in [5.41, 5.74) is -1.58. The maximum atomic E-state index is 13.4. The molecule has 1 N–H and O–H groups in total. The highest BCUT2D eigenvalue weighted by molar-refractivity contribution is 6.03. The lowest BCUT2D eigenvalue weighted by atomic mass is 9.84. The number of rotatable bonds is 3. The minimum absolute atomic E-state index is 0.0215. The van der Waals surface area contributed by atoms with Crippen LogP contribution in [0.25, 0.3) is 22.3 Å². The largest absolute Gasteiger partial charge is 0.458 e. The molecule has 2 aliphatic rings. The maximum absolute atomic E-state index is 13.4. The first-order valence-electron chi connectivity index (χ1n) is 10.0.